The molecule has 0 aliphatic carbocycles. The molecule has 0 aromatic carbocycles. The summed E-state index contributed by atoms with van der Waals surface area (Å²) in [5, 5.41) is 82.2. The summed E-state index contributed by atoms with van der Waals surface area (Å²) < 4.78 is 43.7. The third-order valence-corrected chi connectivity index (χ3v) is 6.90. The third kappa shape index (κ3) is 7.48. The molecular formula is C19H34NO18P. The van der Waals surface area contributed by atoms with Crippen LogP contribution in [0.25, 0.3) is 0 Å². The zero-order valence-corrected chi connectivity index (χ0v) is 21.3. The van der Waals surface area contributed by atoms with E-state index in [0.29, 0.717) is 0 Å². The molecule has 3 saturated heterocycles. The summed E-state index contributed by atoms with van der Waals surface area (Å²) in [5.74, 6) is -0.783. The SMILES string of the molecule is CC(=O)N[C@H]1[C@H](O[C@H]2C(O)O[C@H](CO)[C@H]2O)O[C@H](CO)[C@@H](OP(=O)(O)O)[C@@H]1O[C@@H]1O[C@H](CO)[C@H](O)[C@H](O)[C@H]1O. The molecule has 3 aliphatic rings. The summed E-state index contributed by atoms with van der Waals surface area (Å²) in [4.78, 5) is 31.1. The maximum Gasteiger partial charge on any atom is 0.470 e. The molecule has 3 heterocycles. The molecule has 19 nitrogen and oxygen atoms in total. The number of phosphoric ester groups is 1. The number of rotatable bonds is 10. The number of phosphoric acid groups is 1. The van der Waals surface area contributed by atoms with Gasteiger partial charge in [0.05, 0.1) is 19.8 Å². The van der Waals surface area contributed by atoms with Gasteiger partial charge in [0.15, 0.2) is 18.9 Å². The average Bonchev–Trinajstić information content (AvgIpc) is 3.13. The first-order chi connectivity index (χ1) is 18.2. The van der Waals surface area contributed by atoms with E-state index in [1.807, 2.05) is 0 Å². The molecule has 0 bridgehead atoms. The Bertz CT molecular complexity index is 860. The standard InChI is InChI=1S/C19H34NO18P/c1-5(24)20-9-15(36-19-13(28)12(27)10(25)6(2-21)34-19)14(38-39(30,31)32)8(4-23)35-18(9)37-16-11(26)7(3-22)33-17(16)29/h6-19,21-23,25-29H,2-4H2,1H3,(H,20,24)(H2,30,31,32)/t6-,7-,8-,9-,10+,11-,12+,13-,14-,15-,16-,17?,18+,19+/m1/s1. The summed E-state index contributed by atoms with van der Waals surface area (Å²) in [6.45, 7) is -1.51. The Kier molecular flexibility index (Phi) is 11.2. The summed E-state index contributed by atoms with van der Waals surface area (Å²) in [7, 11) is -5.36. The van der Waals surface area contributed by atoms with Gasteiger partial charge in [0.2, 0.25) is 5.91 Å². The van der Waals surface area contributed by atoms with E-state index in [1.54, 1.807) is 0 Å². The predicted molar refractivity (Wildman–Crippen MR) is 118 cm³/mol. The van der Waals surface area contributed by atoms with E-state index >= 15 is 0 Å². The van der Waals surface area contributed by atoms with Crippen LogP contribution in [-0.2, 0) is 37.6 Å². The van der Waals surface area contributed by atoms with Crippen molar-refractivity contribution in [2.24, 2.45) is 0 Å². The van der Waals surface area contributed by atoms with Crippen LogP contribution in [0, 0.1) is 0 Å². The van der Waals surface area contributed by atoms with Crippen molar-refractivity contribution in [2.75, 3.05) is 19.8 Å². The van der Waals surface area contributed by atoms with E-state index in [4.69, 9.17) is 28.2 Å². The van der Waals surface area contributed by atoms with E-state index in [2.05, 4.69) is 5.32 Å². The van der Waals surface area contributed by atoms with Gasteiger partial charge in [0.25, 0.3) is 0 Å². The van der Waals surface area contributed by atoms with Gasteiger partial charge in [-0.1, -0.05) is 0 Å². The minimum absolute atomic E-state index is 0.709. The zero-order valence-electron chi connectivity index (χ0n) is 20.4. The van der Waals surface area contributed by atoms with Gasteiger partial charge in [-0.15, -0.1) is 0 Å². The molecule has 3 fully saturated rings. The molecule has 11 N–H and O–H groups in total. The molecule has 0 aromatic rings. The maximum absolute atomic E-state index is 12.1. The van der Waals surface area contributed by atoms with Crippen molar-refractivity contribution in [3.63, 3.8) is 0 Å². The molecule has 1 unspecified atom stereocenters. The second kappa shape index (κ2) is 13.4. The van der Waals surface area contributed by atoms with Gasteiger partial charge in [0.1, 0.15) is 67.1 Å². The topological polar surface area (TPSA) is 304 Å². The van der Waals surface area contributed by atoms with E-state index < -0.39 is 120 Å². The Labute approximate surface area is 220 Å². The number of aliphatic hydroxyl groups is 8. The van der Waals surface area contributed by atoms with Gasteiger partial charge in [-0.25, -0.2) is 4.57 Å². The fraction of sp³-hybridized carbons (Fsp3) is 0.947. The molecule has 0 aromatic heterocycles. The zero-order chi connectivity index (χ0) is 29.2. The van der Waals surface area contributed by atoms with Crippen LogP contribution < -0.4 is 5.32 Å². The van der Waals surface area contributed by atoms with Crippen molar-refractivity contribution in [2.45, 2.75) is 92.9 Å². The fourth-order valence-electron chi connectivity index (χ4n) is 4.51. The fourth-order valence-corrected chi connectivity index (χ4v) is 5.08. The number of ether oxygens (including phenoxy) is 5. The van der Waals surface area contributed by atoms with E-state index in [0.717, 1.165) is 6.92 Å². The Morgan fingerprint density at radius 2 is 1.28 bits per heavy atom. The van der Waals surface area contributed by atoms with Crippen LogP contribution in [0.3, 0.4) is 0 Å². The minimum atomic E-state index is -5.36. The summed E-state index contributed by atoms with van der Waals surface area (Å²) in [6, 6.07) is -1.64. The van der Waals surface area contributed by atoms with Gasteiger partial charge in [-0.2, -0.15) is 0 Å². The van der Waals surface area contributed by atoms with E-state index in [9.17, 15) is 60.0 Å². The van der Waals surface area contributed by atoms with Crippen molar-refractivity contribution >= 4 is 13.7 Å². The Morgan fingerprint density at radius 1 is 0.744 bits per heavy atom. The number of nitrogens with one attached hydrogen (secondary N) is 1. The minimum Gasteiger partial charge on any atom is -0.394 e. The van der Waals surface area contributed by atoms with Crippen LogP contribution in [0.5, 0.6) is 0 Å². The van der Waals surface area contributed by atoms with Gasteiger partial charge in [-0.3, -0.25) is 9.32 Å². The lowest BCUT2D eigenvalue weighted by Crippen LogP contribution is -2.69. The molecular weight excluding hydrogens is 561 g/mol. The molecule has 3 aliphatic heterocycles. The predicted octanol–water partition coefficient (Wildman–Crippen LogP) is -6.67. The molecule has 3 rings (SSSR count). The van der Waals surface area contributed by atoms with Crippen molar-refractivity contribution in [3.8, 4) is 0 Å². The van der Waals surface area contributed by atoms with Gasteiger partial charge < -0.3 is 79.6 Å². The van der Waals surface area contributed by atoms with Crippen molar-refractivity contribution in [3.05, 3.63) is 0 Å². The maximum atomic E-state index is 12.1. The quantitative estimate of drug-likeness (QED) is 0.105. The molecule has 0 radical (unpaired) electrons. The van der Waals surface area contributed by atoms with Gasteiger partial charge in [-0.05, 0) is 0 Å². The normalized spacial score (nSPS) is 45.3. The number of hydrogen-bond donors (Lipinski definition) is 11. The Balaban J connectivity index is 1.99. The first-order valence-corrected chi connectivity index (χ1v) is 13.3. The molecule has 14 atom stereocenters. The number of hydrogen-bond acceptors (Lipinski definition) is 16. The lowest BCUT2D eigenvalue weighted by Gasteiger charge is -2.48. The smallest absolute Gasteiger partial charge is 0.394 e. The van der Waals surface area contributed by atoms with Gasteiger partial charge >= 0.3 is 7.82 Å². The monoisotopic (exact) mass is 595 g/mol. The van der Waals surface area contributed by atoms with Crippen LogP contribution >= 0.6 is 7.82 Å². The number of carbonyl (C=O) groups is 1. The van der Waals surface area contributed by atoms with Crippen LogP contribution in [0.15, 0.2) is 0 Å². The summed E-state index contributed by atoms with van der Waals surface area (Å²) in [6.07, 6.45) is -22.5. The highest BCUT2D eigenvalue weighted by atomic mass is 31.2. The largest absolute Gasteiger partial charge is 0.470 e. The van der Waals surface area contributed by atoms with E-state index in [-0.39, 0.29) is 0 Å². The molecule has 1 amide bonds. The first-order valence-electron chi connectivity index (χ1n) is 11.7. The number of amides is 1. The first kappa shape index (κ1) is 32.6. The number of aliphatic hydroxyl groups excluding tert-OH is 8. The van der Waals surface area contributed by atoms with Crippen molar-refractivity contribution in [1.29, 1.82) is 0 Å². The van der Waals surface area contributed by atoms with Crippen LogP contribution in [-0.4, -0.2) is 162 Å². The van der Waals surface area contributed by atoms with Gasteiger partial charge in [0, 0.05) is 6.92 Å². The summed E-state index contributed by atoms with van der Waals surface area (Å²) >= 11 is 0. The average molecular weight is 595 g/mol. The third-order valence-electron chi connectivity index (χ3n) is 6.38. The van der Waals surface area contributed by atoms with Crippen molar-refractivity contribution < 1.29 is 88.2 Å². The van der Waals surface area contributed by atoms with Crippen LogP contribution in [0.4, 0.5) is 0 Å². The highest BCUT2D eigenvalue weighted by molar-refractivity contribution is 7.46. The highest BCUT2D eigenvalue weighted by Crippen LogP contribution is 2.43. The summed E-state index contributed by atoms with van der Waals surface area (Å²) in [5.41, 5.74) is 0. The Morgan fingerprint density at radius 3 is 1.79 bits per heavy atom. The second-order valence-corrected chi connectivity index (χ2v) is 10.3. The van der Waals surface area contributed by atoms with E-state index in [1.165, 1.54) is 0 Å². The second-order valence-electron chi connectivity index (χ2n) is 9.15. The highest BCUT2D eigenvalue weighted by Gasteiger charge is 2.55. The van der Waals surface area contributed by atoms with Crippen LogP contribution in [0.2, 0.25) is 0 Å². The Hall–Kier alpha value is -0.940. The molecule has 0 saturated carbocycles. The van der Waals surface area contributed by atoms with Crippen LogP contribution in [0.1, 0.15) is 6.92 Å². The lowest BCUT2D eigenvalue weighted by molar-refractivity contribution is -0.349. The molecule has 20 heteroatoms. The molecule has 228 valence electrons. The van der Waals surface area contributed by atoms with Crippen molar-refractivity contribution in [1.82, 2.24) is 5.32 Å². The molecule has 0 spiro atoms. The lowest BCUT2D eigenvalue weighted by atomic mass is 9.95. The number of carbonyl (C=O) groups excluding carboxylic acids is 1. The molecule has 39 heavy (non-hydrogen) atoms.